The van der Waals surface area contributed by atoms with Crippen LogP contribution >= 0.6 is 0 Å². The van der Waals surface area contributed by atoms with Crippen molar-refractivity contribution in [1.82, 2.24) is 14.2 Å². The zero-order valence-electron chi connectivity index (χ0n) is 11.9. The summed E-state index contributed by atoms with van der Waals surface area (Å²) in [6.07, 6.45) is 3.48. The van der Waals surface area contributed by atoms with E-state index in [0.29, 0.717) is 23.5 Å². The Morgan fingerprint density at radius 3 is 2.86 bits per heavy atom. The number of rotatable bonds is 3. The lowest BCUT2D eigenvalue weighted by Gasteiger charge is -2.11. The number of nitrogens with two attached hydrogens (primary N) is 1. The highest BCUT2D eigenvalue weighted by molar-refractivity contribution is 5.49. The third kappa shape index (κ3) is 2.35. The van der Waals surface area contributed by atoms with E-state index in [1.807, 2.05) is 13.0 Å². The lowest BCUT2D eigenvalue weighted by Crippen LogP contribution is -2.22. The number of methoxy groups -OCH3 is 1. The van der Waals surface area contributed by atoms with Crippen LogP contribution in [0.15, 0.2) is 41.5 Å². The van der Waals surface area contributed by atoms with Gasteiger partial charge >= 0.3 is 0 Å². The van der Waals surface area contributed by atoms with E-state index in [-0.39, 0.29) is 5.56 Å². The van der Waals surface area contributed by atoms with Gasteiger partial charge in [-0.15, -0.1) is 0 Å². The van der Waals surface area contributed by atoms with Gasteiger partial charge in [0.2, 0.25) is 0 Å². The normalized spacial score (nSPS) is 11.0. The van der Waals surface area contributed by atoms with E-state index in [2.05, 4.69) is 5.10 Å². The number of fused-ring (bicyclic) bond motifs is 1. The van der Waals surface area contributed by atoms with Crippen molar-refractivity contribution < 1.29 is 4.74 Å². The highest BCUT2D eigenvalue weighted by Gasteiger charge is 2.09. The number of nitrogens with zero attached hydrogens (tertiary/aromatic N) is 3. The van der Waals surface area contributed by atoms with Crippen LogP contribution < -0.4 is 16.0 Å². The number of nitrogen functional groups attached to an aromatic ring is 1. The molecule has 6 nitrogen and oxygen atoms in total. The predicted octanol–water partition coefficient (Wildman–Crippen LogP) is 1.44. The number of aryl methyl sites for hydroxylation is 1. The van der Waals surface area contributed by atoms with Crippen LogP contribution in [0.4, 0.5) is 5.69 Å². The van der Waals surface area contributed by atoms with Crippen molar-refractivity contribution in [2.24, 2.45) is 0 Å². The third-order valence-electron chi connectivity index (χ3n) is 3.37. The van der Waals surface area contributed by atoms with Crippen LogP contribution in [0.25, 0.3) is 5.52 Å². The molecule has 6 heteroatoms. The first-order valence-corrected chi connectivity index (χ1v) is 6.56. The van der Waals surface area contributed by atoms with E-state index < -0.39 is 0 Å². The Balaban J connectivity index is 2.08. The fourth-order valence-electron chi connectivity index (χ4n) is 2.38. The maximum Gasteiger partial charge on any atom is 0.276 e. The Labute approximate surface area is 121 Å². The second-order valence-electron chi connectivity index (χ2n) is 4.92. The van der Waals surface area contributed by atoms with Gasteiger partial charge in [0.1, 0.15) is 11.3 Å². The van der Waals surface area contributed by atoms with Gasteiger partial charge in [-0.25, -0.2) is 4.52 Å². The van der Waals surface area contributed by atoms with E-state index in [9.17, 15) is 4.79 Å². The minimum absolute atomic E-state index is 0.0948. The Morgan fingerprint density at radius 2 is 2.10 bits per heavy atom. The molecule has 0 bridgehead atoms. The smallest absolute Gasteiger partial charge is 0.276 e. The topological polar surface area (TPSA) is 74.6 Å². The fraction of sp³-hybridized carbons (Fsp3) is 0.200. The fourth-order valence-corrected chi connectivity index (χ4v) is 2.38. The summed E-state index contributed by atoms with van der Waals surface area (Å²) in [4.78, 5) is 12.5. The van der Waals surface area contributed by atoms with Gasteiger partial charge in [0, 0.05) is 23.6 Å². The molecule has 21 heavy (non-hydrogen) atoms. The molecule has 3 rings (SSSR count). The average Bonchev–Trinajstić information content (AvgIpc) is 2.84. The molecular formula is C15H16N4O2. The van der Waals surface area contributed by atoms with Crippen molar-refractivity contribution in [3.8, 4) is 5.75 Å². The number of anilines is 1. The van der Waals surface area contributed by atoms with Crippen molar-refractivity contribution >= 4 is 11.2 Å². The largest absolute Gasteiger partial charge is 0.496 e. The molecule has 0 aliphatic rings. The van der Waals surface area contributed by atoms with E-state index in [4.69, 9.17) is 10.5 Å². The van der Waals surface area contributed by atoms with Crippen LogP contribution in [0.5, 0.6) is 5.75 Å². The first kappa shape index (κ1) is 13.2. The quantitative estimate of drug-likeness (QED) is 0.739. The molecule has 0 saturated carbocycles. The minimum atomic E-state index is -0.0948. The average molecular weight is 284 g/mol. The van der Waals surface area contributed by atoms with E-state index in [0.717, 1.165) is 11.3 Å². The lowest BCUT2D eigenvalue weighted by molar-refractivity contribution is 0.408. The van der Waals surface area contributed by atoms with Gasteiger partial charge in [0.25, 0.3) is 5.56 Å². The Kier molecular flexibility index (Phi) is 3.13. The standard InChI is InChI=1S/C15H16N4O2/c1-10-7-13-15(20)18(5-6-19(13)17-10)9-11-8-12(16)3-4-14(11)21-2/h3-8H,9,16H2,1-2H3. The summed E-state index contributed by atoms with van der Waals surface area (Å²) < 4.78 is 8.52. The van der Waals surface area contributed by atoms with Crippen molar-refractivity contribution in [1.29, 1.82) is 0 Å². The number of aromatic nitrogens is 3. The highest BCUT2D eigenvalue weighted by Crippen LogP contribution is 2.21. The molecule has 0 aliphatic carbocycles. The van der Waals surface area contributed by atoms with E-state index >= 15 is 0 Å². The minimum Gasteiger partial charge on any atom is -0.496 e. The summed E-state index contributed by atoms with van der Waals surface area (Å²) in [7, 11) is 1.60. The van der Waals surface area contributed by atoms with Crippen LogP contribution in [-0.4, -0.2) is 21.3 Å². The number of benzene rings is 1. The molecule has 0 fully saturated rings. The SMILES string of the molecule is COc1ccc(N)cc1Cn1ccn2nc(C)cc2c1=O. The molecular weight excluding hydrogens is 268 g/mol. The number of hydrogen-bond donors (Lipinski definition) is 1. The van der Waals surface area contributed by atoms with Crippen LogP contribution in [-0.2, 0) is 6.54 Å². The van der Waals surface area contributed by atoms with Crippen molar-refractivity contribution in [3.05, 3.63) is 58.3 Å². The maximum absolute atomic E-state index is 12.5. The monoisotopic (exact) mass is 284 g/mol. The van der Waals surface area contributed by atoms with Gasteiger partial charge in [-0.1, -0.05) is 0 Å². The molecule has 0 aliphatic heterocycles. The highest BCUT2D eigenvalue weighted by atomic mass is 16.5. The Bertz CT molecular complexity index is 864. The Hall–Kier alpha value is -2.76. The van der Waals surface area contributed by atoms with Crippen LogP contribution in [0.2, 0.25) is 0 Å². The van der Waals surface area contributed by atoms with Gasteiger partial charge in [0.05, 0.1) is 19.3 Å². The summed E-state index contributed by atoms with van der Waals surface area (Å²) in [5.74, 6) is 0.709. The molecule has 2 aromatic heterocycles. The molecule has 108 valence electrons. The number of ether oxygens (including phenoxy) is 1. The zero-order chi connectivity index (χ0) is 15.0. The summed E-state index contributed by atoms with van der Waals surface area (Å²) in [5.41, 5.74) is 8.58. The second kappa shape index (κ2) is 4.97. The molecule has 3 aromatic rings. The first-order valence-electron chi connectivity index (χ1n) is 6.56. The molecule has 0 unspecified atom stereocenters. The van der Waals surface area contributed by atoms with Gasteiger partial charge in [-0.2, -0.15) is 5.10 Å². The van der Waals surface area contributed by atoms with Gasteiger partial charge in [-0.05, 0) is 31.2 Å². The summed E-state index contributed by atoms with van der Waals surface area (Å²) in [5, 5.41) is 4.23. The molecule has 1 aromatic carbocycles. The molecule has 0 atom stereocenters. The van der Waals surface area contributed by atoms with Crippen LogP contribution in [0.3, 0.4) is 0 Å². The molecule has 2 N–H and O–H groups in total. The predicted molar refractivity (Wildman–Crippen MR) is 80.7 cm³/mol. The van der Waals surface area contributed by atoms with E-state index in [1.54, 1.807) is 46.8 Å². The van der Waals surface area contributed by atoms with Crippen molar-refractivity contribution in [3.63, 3.8) is 0 Å². The summed E-state index contributed by atoms with van der Waals surface area (Å²) in [6, 6.07) is 7.17. The summed E-state index contributed by atoms with van der Waals surface area (Å²) in [6.45, 7) is 2.26. The van der Waals surface area contributed by atoms with Crippen LogP contribution in [0, 0.1) is 6.92 Å². The molecule has 0 radical (unpaired) electrons. The second-order valence-corrected chi connectivity index (χ2v) is 4.92. The zero-order valence-corrected chi connectivity index (χ0v) is 11.9. The molecule has 0 saturated heterocycles. The van der Waals surface area contributed by atoms with Crippen molar-refractivity contribution in [2.45, 2.75) is 13.5 Å². The molecule has 2 heterocycles. The Morgan fingerprint density at radius 1 is 1.29 bits per heavy atom. The third-order valence-corrected chi connectivity index (χ3v) is 3.37. The maximum atomic E-state index is 12.5. The number of hydrogen-bond acceptors (Lipinski definition) is 4. The lowest BCUT2D eigenvalue weighted by atomic mass is 10.1. The van der Waals surface area contributed by atoms with Gasteiger partial charge in [-0.3, -0.25) is 4.79 Å². The first-order chi connectivity index (χ1) is 10.1. The van der Waals surface area contributed by atoms with Crippen LogP contribution in [0.1, 0.15) is 11.3 Å². The van der Waals surface area contributed by atoms with Crippen molar-refractivity contribution in [2.75, 3.05) is 12.8 Å². The molecule has 0 spiro atoms. The van der Waals surface area contributed by atoms with Gasteiger partial charge < -0.3 is 15.0 Å². The van der Waals surface area contributed by atoms with Gasteiger partial charge in [0.15, 0.2) is 0 Å². The molecule has 0 amide bonds. The van der Waals surface area contributed by atoms with E-state index in [1.165, 1.54) is 0 Å². The summed E-state index contributed by atoms with van der Waals surface area (Å²) >= 11 is 0.